The summed E-state index contributed by atoms with van der Waals surface area (Å²) in [5.41, 5.74) is -0.305. The van der Waals surface area contributed by atoms with E-state index in [2.05, 4.69) is 5.32 Å². The van der Waals surface area contributed by atoms with Crippen LogP contribution in [0.2, 0.25) is 0 Å². The molecule has 15 heavy (non-hydrogen) atoms. The summed E-state index contributed by atoms with van der Waals surface area (Å²) in [4.78, 5) is 10.6. The number of anilines is 1. The largest absolute Gasteiger partial charge is 1.00 e. The van der Waals surface area contributed by atoms with Gasteiger partial charge in [-0.2, -0.15) is 0 Å². The van der Waals surface area contributed by atoms with Crippen LogP contribution in [0.1, 0.15) is 6.92 Å². The van der Waals surface area contributed by atoms with Crippen LogP contribution in [0.15, 0.2) is 24.3 Å². The van der Waals surface area contributed by atoms with Crippen LogP contribution >= 0.6 is 0 Å². The minimum atomic E-state index is -4.96. The standard InChI is InChI=1S/C8H8BF3NO.K/c1-6(14)13-8-4-2-7(3-5-8)9(10,11)12;/h2-5H,1H3,(H,13,14);/q-1;+1. The van der Waals surface area contributed by atoms with E-state index in [-0.39, 0.29) is 57.3 Å². The van der Waals surface area contributed by atoms with Crippen molar-refractivity contribution in [2.75, 3.05) is 5.32 Å². The average molecular weight is 241 g/mol. The Morgan fingerprint density at radius 1 is 1.20 bits per heavy atom. The van der Waals surface area contributed by atoms with Gasteiger partial charge in [-0.15, -0.1) is 5.46 Å². The summed E-state index contributed by atoms with van der Waals surface area (Å²) >= 11 is 0. The van der Waals surface area contributed by atoms with E-state index in [4.69, 9.17) is 0 Å². The predicted molar refractivity (Wildman–Crippen MR) is 49.5 cm³/mol. The van der Waals surface area contributed by atoms with Gasteiger partial charge in [0, 0.05) is 12.6 Å². The van der Waals surface area contributed by atoms with Gasteiger partial charge < -0.3 is 18.3 Å². The third-order valence-electron chi connectivity index (χ3n) is 1.61. The number of halogens is 3. The van der Waals surface area contributed by atoms with Gasteiger partial charge >= 0.3 is 58.4 Å². The van der Waals surface area contributed by atoms with E-state index in [1.165, 1.54) is 19.1 Å². The molecule has 0 fully saturated rings. The average Bonchev–Trinajstić information content (AvgIpc) is 2.02. The predicted octanol–water partition coefficient (Wildman–Crippen LogP) is -1.30. The van der Waals surface area contributed by atoms with Gasteiger partial charge in [0.1, 0.15) is 0 Å². The second-order valence-electron chi connectivity index (χ2n) is 2.88. The maximum absolute atomic E-state index is 12.2. The molecule has 1 amide bonds. The number of benzene rings is 1. The fourth-order valence-corrected chi connectivity index (χ4v) is 0.988. The van der Waals surface area contributed by atoms with Crippen LogP contribution in [0.5, 0.6) is 0 Å². The Kier molecular flexibility index (Phi) is 6.12. The summed E-state index contributed by atoms with van der Waals surface area (Å²) in [5, 5.41) is 2.38. The van der Waals surface area contributed by atoms with Crippen LogP contribution in [0, 0.1) is 0 Å². The van der Waals surface area contributed by atoms with Crippen LogP contribution in [0.25, 0.3) is 0 Å². The fraction of sp³-hybridized carbons (Fsp3) is 0.125. The topological polar surface area (TPSA) is 29.1 Å². The number of nitrogens with one attached hydrogen (secondary N) is 1. The van der Waals surface area contributed by atoms with E-state index in [9.17, 15) is 17.7 Å². The van der Waals surface area contributed by atoms with E-state index < -0.39 is 12.4 Å². The van der Waals surface area contributed by atoms with Crippen LogP contribution in [-0.2, 0) is 4.79 Å². The van der Waals surface area contributed by atoms with Crippen molar-refractivity contribution in [2.45, 2.75) is 6.92 Å². The summed E-state index contributed by atoms with van der Waals surface area (Å²) in [6.07, 6.45) is 0. The van der Waals surface area contributed by atoms with Gasteiger partial charge in [0.05, 0.1) is 0 Å². The van der Waals surface area contributed by atoms with Crippen LogP contribution in [-0.4, -0.2) is 12.9 Å². The van der Waals surface area contributed by atoms with Gasteiger partial charge in [-0.25, -0.2) is 0 Å². The van der Waals surface area contributed by atoms with Crippen LogP contribution in [0.3, 0.4) is 0 Å². The first-order valence-corrected chi connectivity index (χ1v) is 3.97. The molecule has 0 heterocycles. The molecular weight excluding hydrogens is 233 g/mol. The van der Waals surface area contributed by atoms with Gasteiger partial charge in [-0.05, 0) is 12.1 Å². The van der Waals surface area contributed by atoms with Gasteiger partial charge in [-0.1, -0.05) is 12.1 Å². The molecule has 0 saturated heterocycles. The molecule has 0 aliphatic rings. The molecule has 0 aliphatic carbocycles. The summed E-state index contributed by atoms with van der Waals surface area (Å²) in [7, 11) is 0. The fourth-order valence-electron chi connectivity index (χ4n) is 0.988. The zero-order valence-corrected chi connectivity index (χ0v) is 11.6. The van der Waals surface area contributed by atoms with Gasteiger partial charge in [0.2, 0.25) is 5.91 Å². The van der Waals surface area contributed by atoms with Crippen molar-refractivity contribution in [3.05, 3.63) is 24.3 Å². The SMILES string of the molecule is CC(=O)Nc1ccc([B-](F)(F)F)cc1.[K+]. The number of carbonyl (C=O) groups excluding carboxylic acids is 1. The molecule has 0 atom stereocenters. The van der Waals surface area contributed by atoms with E-state index in [0.717, 1.165) is 12.1 Å². The Hall–Kier alpha value is 0.181. The molecule has 1 N–H and O–H groups in total. The maximum Gasteiger partial charge on any atom is 1.00 e. The third kappa shape index (κ3) is 5.17. The molecule has 0 saturated carbocycles. The molecule has 76 valence electrons. The Balaban J connectivity index is 0.00000196. The smallest absolute Gasteiger partial charge is 0.445 e. The molecule has 0 aliphatic heterocycles. The maximum atomic E-state index is 12.2. The molecule has 0 radical (unpaired) electrons. The van der Waals surface area contributed by atoms with E-state index in [1.807, 2.05) is 0 Å². The minimum Gasteiger partial charge on any atom is -0.445 e. The van der Waals surface area contributed by atoms with E-state index in [1.54, 1.807) is 0 Å². The van der Waals surface area contributed by atoms with Gasteiger partial charge in [-0.3, -0.25) is 4.79 Å². The molecule has 7 heteroatoms. The summed E-state index contributed by atoms with van der Waals surface area (Å²) in [5.74, 6) is -0.310. The second-order valence-corrected chi connectivity index (χ2v) is 2.88. The van der Waals surface area contributed by atoms with Crippen molar-refractivity contribution in [2.24, 2.45) is 0 Å². The molecule has 0 spiro atoms. The van der Waals surface area contributed by atoms with E-state index in [0.29, 0.717) is 5.69 Å². The van der Waals surface area contributed by atoms with Crippen molar-refractivity contribution in [3.8, 4) is 0 Å². The molecule has 0 bridgehead atoms. The van der Waals surface area contributed by atoms with Crippen molar-refractivity contribution >= 4 is 24.0 Å². The van der Waals surface area contributed by atoms with Gasteiger partial charge in [0.25, 0.3) is 0 Å². The Bertz CT molecular complexity index is 339. The monoisotopic (exact) mass is 241 g/mol. The minimum absolute atomic E-state index is 0. The molecule has 0 unspecified atom stereocenters. The van der Waals surface area contributed by atoms with Crippen LogP contribution < -0.4 is 62.2 Å². The Morgan fingerprint density at radius 2 is 1.67 bits per heavy atom. The summed E-state index contributed by atoms with van der Waals surface area (Å²) in [6.45, 7) is -3.66. The first-order valence-electron chi connectivity index (χ1n) is 3.97. The summed E-state index contributed by atoms with van der Waals surface area (Å²) in [6, 6.07) is 4.36. The Labute approximate surface area is 128 Å². The van der Waals surface area contributed by atoms with E-state index >= 15 is 0 Å². The summed E-state index contributed by atoms with van der Waals surface area (Å²) < 4.78 is 36.5. The molecule has 2 nitrogen and oxygen atoms in total. The number of hydrogen-bond acceptors (Lipinski definition) is 1. The van der Waals surface area contributed by atoms with Crippen molar-refractivity contribution < 1.29 is 69.1 Å². The number of hydrogen-bond donors (Lipinski definition) is 1. The zero-order chi connectivity index (χ0) is 10.8. The second kappa shape index (κ2) is 6.05. The molecule has 1 rings (SSSR count). The normalized spacial score (nSPS) is 10.4. The number of carbonyl (C=O) groups is 1. The quantitative estimate of drug-likeness (QED) is 0.641. The van der Waals surface area contributed by atoms with Crippen molar-refractivity contribution in [1.82, 2.24) is 0 Å². The molecule has 1 aromatic rings. The van der Waals surface area contributed by atoms with Gasteiger partial charge in [0.15, 0.2) is 0 Å². The Morgan fingerprint density at radius 3 is 2.00 bits per heavy atom. The molecular formula is C8H8BF3KNO. The first kappa shape index (κ1) is 15.2. The molecule has 1 aromatic carbocycles. The van der Waals surface area contributed by atoms with Crippen molar-refractivity contribution in [1.29, 1.82) is 0 Å². The zero-order valence-electron chi connectivity index (χ0n) is 8.43. The number of rotatable bonds is 2. The first-order chi connectivity index (χ1) is 6.39. The number of amides is 1. The molecule has 0 aromatic heterocycles. The van der Waals surface area contributed by atoms with Crippen molar-refractivity contribution in [3.63, 3.8) is 0 Å². The van der Waals surface area contributed by atoms with Crippen LogP contribution in [0.4, 0.5) is 18.6 Å². The third-order valence-corrected chi connectivity index (χ3v) is 1.61.